The van der Waals surface area contributed by atoms with E-state index in [1.165, 1.54) is 232 Å². The average Bonchev–Trinajstić information content (AvgIpc) is 3.73. The topological polar surface area (TPSA) is 9.49 Å². The number of rotatable bonds is 35. The molecule has 0 aromatic heterocycles. The lowest BCUT2D eigenvalue weighted by Crippen LogP contribution is -2.33. The SMILES string of the molecule is CCCCCCCC/C=C\CCCCCCCC1=C(CC)CCN1CC[N+]1=C(CCCCCCC/C=C\CCCCCCCC)N(CC)CC1. The van der Waals surface area contributed by atoms with E-state index in [0.717, 1.165) is 0 Å². The fraction of sp³-hybridized carbons (Fsp3) is 0.851. The van der Waals surface area contributed by atoms with Crippen molar-refractivity contribution in [2.24, 2.45) is 0 Å². The van der Waals surface area contributed by atoms with Crippen LogP contribution in [0.5, 0.6) is 0 Å². The Morgan fingerprint density at radius 3 is 1.44 bits per heavy atom. The predicted octanol–water partition coefficient (Wildman–Crippen LogP) is 14.2. The Labute approximate surface area is 314 Å². The van der Waals surface area contributed by atoms with Gasteiger partial charge < -0.3 is 4.90 Å². The van der Waals surface area contributed by atoms with E-state index >= 15 is 0 Å². The highest BCUT2D eigenvalue weighted by molar-refractivity contribution is 5.78. The van der Waals surface area contributed by atoms with Crippen molar-refractivity contribution < 1.29 is 4.58 Å². The molecule has 2 rings (SSSR count). The summed E-state index contributed by atoms with van der Waals surface area (Å²) < 4.78 is 2.77. The molecule has 3 nitrogen and oxygen atoms in total. The highest BCUT2D eigenvalue weighted by atomic mass is 15.3. The first-order valence-electron chi connectivity index (χ1n) is 22.9. The maximum atomic E-state index is 2.79. The molecule has 0 atom stereocenters. The molecule has 0 N–H and O–H groups in total. The van der Waals surface area contributed by atoms with Gasteiger partial charge in [0.15, 0.2) is 0 Å². The van der Waals surface area contributed by atoms with Gasteiger partial charge in [0.05, 0.1) is 13.1 Å². The van der Waals surface area contributed by atoms with Crippen LogP contribution in [0.4, 0.5) is 0 Å². The van der Waals surface area contributed by atoms with Gasteiger partial charge in [-0.15, -0.1) is 0 Å². The molecule has 0 amide bonds. The first kappa shape index (κ1) is 44.7. The molecule has 3 heteroatoms. The van der Waals surface area contributed by atoms with Crippen molar-refractivity contribution in [3.05, 3.63) is 35.6 Å². The Hall–Kier alpha value is -1.51. The summed E-state index contributed by atoms with van der Waals surface area (Å²) in [4.78, 5) is 5.47. The predicted molar refractivity (Wildman–Crippen MR) is 225 cm³/mol. The maximum Gasteiger partial charge on any atom is 0.247 e. The van der Waals surface area contributed by atoms with Crippen LogP contribution in [-0.4, -0.2) is 59.5 Å². The molecular weight excluding hydrogens is 607 g/mol. The van der Waals surface area contributed by atoms with E-state index in [1.807, 2.05) is 0 Å². The molecule has 2 aliphatic rings. The minimum absolute atomic E-state index is 1.17. The highest BCUT2D eigenvalue weighted by Crippen LogP contribution is 2.29. The van der Waals surface area contributed by atoms with Gasteiger partial charge in [0.2, 0.25) is 5.84 Å². The van der Waals surface area contributed by atoms with Crippen molar-refractivity contribution >= 4 is 5.84 Å². The molecule has 0 fully saturated rings. The molecule has 290 valence electrons. The van der Waals surface area contributed by atoms with Gasteiger partial charge >= 0.3 is 0 Å². The second-order valence-corrected chi connectivity index (χ2v) is 15.8. The number of allylic oxidation sites excluding steroid dienone is 5. The minimum Gasteiger partial charge on any atom is -0.371 e. The Kier molecular flexibility index (Phi) is 28.7. The normalized spacial score (nSPS) is 15.4. The first-order valence-corrected chi connectivity index (χ1v) is 22.9. The molecule has 0 spiro atoms. The zero-order chi connectivity index (χ0) is 35.7. The fourth-order valence-electron chi connectivity index (χ4n) is 8.29. The molecule has 0 unspecified atom stereocenters. The highest BCUT2D eigenvalue weighted by Gasteiger charge is 2.29. The van der Waals surface area contributed by atoms with Crippen molar-refractivity contribution in [1.82, 2.24) is 9.80 Å². The molecule has 2 aliphatic heterocycles. The van der Waals surface area contributed by atoms with E-state index in [4.69, 9.17) is 0 Å². The van der Waals surface area contributed by atoms with Crippen LogP contribution in [0.15, 0.2) is 35.6 Å². The lowest BCUT2D eigenvalue weighted by molar-refractivity contribution is -0.519. The van der Waals surface area contributed by atoms with E-state index in [9.17, 15) is 0 Å². The van der Waals surface area contributed by atoms with E-state index in [0.29, 0.717) is 0 Å². The van der Waals surface area contributed by atoms with E-state index in [-0.39, 0.29) is 0 Å². The third-order valence-corrected chi connectivity index (χ3v) is 11.6. The summed E-state index contributed by atoms with van der Waals surface area (Å²) in [6.45, 7) is 16.7. The third-order valence-electron chi connectivity index (χ3n) is 11.6. The zero-order valence-corrected chi connectivity index (χ0v) is 34.6. The number of unbranched alkanes of at least 4 members (excludes halogenated alkanes) is 22. The number of nitrogens with zero attached hydrogens (tertiary/aromatic N) is 3. The first-order chi connectivity index (χ1) is 24.7. The van der Waals surface area contributed by atoms with Gasteiger partial charge in [-0.05, 0) is 96.0 Å². The van der Waals surface area contributed by atoms with Gasteiger partial charge in [-0.2, -0.15) is 0 Å². The Morgan fingerprint density at radius 2 is 0.960 bits per heavy atom. The van der Waals surface area contributed by atoms with Gasteiger partial charge in [-0.3, -0.25) is 9.48 Å². The van der Waals surface area contributed by atoms with Crippen LogP contribution in [0.2, 0.25) is 0 Å². The second kappa shape index (κ2) is 32.2. The summed E-state index contributed by atoms with van der Waals surface area (Å²) in [5.74, 6) is 1.66. The Morgan fingerprint density at radius 1 is 0.500 bits per heavy atom. The van der Waals surface area contributed by atoms with Gasteiger partial charge in [-0.1, -0.05) is 148 Å². The van der Waals surface area contributed by atoms with Gasteiger partial charge in [0, 0.05) is 18.7 Å². The van der Waals surface area contributed by atoms with Crippen molar-refractivity contribution in [3.63, 3.8) is 0 Å². The average molecular weight is 695 g/mol. The van der Waals surface area contributed by atoms with Crippen LogP contribution in [-0.2, 0) is 0 Å². The molecule has 2 heterocycles. The van der Waals surface area contributed by atoms with E-state index in [1.54, 1.807) is 17.1 Å². The maximum absolute atomic E-state index is 2.79. The minimum atomic E-state index is 1.17. The van der Waals surface area contributed by atoms with Crippen LogP contribution in [0.1, 0.15) is 220 Å². The largest absolute Gasteiger partial charge is 0.371 e. The Bertz CT molecular complexity index is 911. The van der Waals surface area contributed by atoms with Crippen LogP contribution in [0, 0.1) is 0 Å². The van der Waals surface area contributed by atoms with Crippen LogP contribution >= 0.6 is 0 Å². The monoisotopic (exact) mass is 695 g/mol. The second-order valence-electron chi connectivity index (χ2n) is 15.8. The quantitative estimate of drug-likeness (QED) is 0.0371. The van der Waals surface area contributed by atoms with Crippen molar-refractivity contribution in [2.45, 2.75) is 220 Å². The molecule has 0 aromatic carbocycles. The molecule has 0 saturated heterocycles. The molecule has 50 heavy (non-hydrogen) atoms. The number of likely N-dealkylation sites (N-methyl/N-ethyl adjacent to an activating group) is 1. The summed E-state index contributed by atoms with van der Waals surface area (Å²) in [5, 5.41) is 0. The van der Waals surface area contributed by atoms with Crippen LogP contribution < -0.4 is 0 Å². The van der Waals surface area contributed by atoms with E-state index in [2.05, 4.69) is 66.4 Å². The number of amidine groups is 1. The van der Waals surface area contributed by atoms with Crippen LogP contribution in [0.25, 0.3) is 0 Å². The van der Waals surface area contributed by atoms with Gasteiger partial charge in [-0.25, -0.2) is 0 Å². The lowest BCUT2D eigenvalue weighted by Gasteiger charge is -2.23. The summed E-state index contributed by atoms with van der Waals surface area (Å²) in [7, 11) is 0. The summed E-state index contributed by atoms with van der Waals surface area (Å²) >= 11 is 0. The lowest BCUT2D eigenvalue weighted by atomic mass is 10.0. The van der Waals surface area contributed by atoms with Crippen molar-refractivity contribution in [3.8, 4) is 0 Å². The summed E-state index contributed by atoms with van der Waals surface area (Å²) in [5.41, 5.74) is 3.49. The summed E-state index contributed by atoms with van der Waals surface area (Å²) in [6.07, 6.45) is 50.9. The number of hydrogen-bond acceptors (Lipinski definition) is 2. The standard InChI is InChI=1S/C47H88N3/c1-5-9-11-13-15-17-19-21-23-25-27-29-31-33-35-37-46-45(7-3)39-40-49(46)42-44-50-43-41-48(8-4)47(50)38-36-34-32-30-28-26-24-22-20-18-16-14-12-10-6-2/h21-24H,5-20,25-44H2,1-4H3/q+1/b23-21-,24-22-. The molecular formula is C47H88N3+. The van der Waals surface area contributed by atoms with Crippen LogP contribution in [0.3, 0.4) is 0 Å². The number of hydrogen-bond donors (Lipinski definition) is 0. The molecule has 0 radical (unpaired) electrons. The fourth-order valence-corrected chi connectivity index (χ4v) is 8.29. The van der Waals surface area contributed by atoms with E-state index < -0.39 is 0 Å². The third kappa shape index (κ3) is 21.1. The molecule has 0 aliphatic carbocycles. The van der Waals surface area contributed by atoms with Crippen molar-refractivity contribution in [2.75, 3.05) is 39.3 Å². The summed E-state index contributed by atoms with van der Waals surface area (Å²) in [6, 6.07) is 0. The van der Waals surface area contributed by atoms with Crippen molar-refractivity contribution in [1.29, 1.82) is 0 Å². The zero-order valence-electron chi connectivity index (χ0n) is 34.6. The molecule has 0 saturated carbocycles. The Balaban J connectivity index is 1.59. The smallest absolute Gasteiger partial charge is 0.247 e. The van der Waals surface area contributed by atoms with Gasteiger partial charge in [0.25, 0.3) is 0 Å². The van der Waals surface area contributed by atoms with Gasteiger partial charge in [0.1, 0.15) is 19.6 Å². The molecule has 0 bridgehead atoms. The molecule has 0 aromatic rings.